The van der Waals surface area contributed by atoms with E-state index in [4.69, 9.17) is 11.5 Å². The van der Waals surface area contributed by atoms with Crippen molar-refractivity contribution in [1.82, 2.24) is 4.72 Å². The molecule has 0 saturated heterocycles. The minimum atomic E-state index is -3.82. The summed E-state index contributed by atoms with van der Waals surface area (Å²) in [6.45, 7) is 0.134. The largest absolute Gasteiger partial charge is 0.478 e. The average molecular weight is 400 g/mol. The first kappa shape index (κ1) is 17.6. The fraction of sp³-hybridized carbons (Fsp3) is 0.357. The highest BCUT2D eigenvalue weighted by atomic mass is 79.9. The highest BCUT2D eigenvalue weighted by molar-refractivity contribution is 9.10. The Bertz CT molecular complexity index is 793. The van der Waals surface area contributed by atoms with Crippen molar-refractivity contribution in [3.8, 4) is 12.3 Å². The molecular weight excluding hydrogens is 386 g/mol. The number of carbonyl (C=O) groups is 1. The van der Waals surface area contributed by atoms with Crippen molar-refractivity contribution >= 4 is 31.9 Å². The van der Waals surface area contributed by atoms with Gasteiger partial charge in [-0.2, -0.15) is 10.2 Å². The number of nitrogens with one attached hydrogen (secondary N) is 1. The fourth-order valence-electron chi connectivity index (χ4n) is 1.98. The number of nitrogens with zero attached hydrogens (tertiary/aromatic N) is 2. The second-order valence-corrected chi connectivity index (χ2v) is 7.70. The summed E-state index contributed by atoms with van der Waals surface area (Å²) in [5, 5.41) is 16.8. The molecule has 0 saturated carbocycles. The Morgan fingerprint density at radius 3 is 2.61 bits per heavy atom. The molecule has 1 aromatic rings. The van der Waals surface area contributed by atoms with Gasteiger partial charge in [0.25, 0.3) is 0 Å². The lowest BCUT2D eigenvalue weighted by Gasteiger charge is -2.11. The molecule has 122 valence electrons. The van der Waals surface area contributed by atoms with Crippen LogP contribution in [0, 0.1) is 12.3 Å². The van der Waals surface area contributed by atoms with Crippen molar-refractivity contribution in [2.45, 2.75) is 29.8 Å². The molecule has 0 amide bonds. The predicted molar refractivity (Wildman–Crippen MR) is 86.6 cm³/mol. The highest BCUT2D eigenvalue weighted by Gasteiger charge is 2.38. The number of benzene rings is 1. The van der Waals surface area contributed by atoms with Gasteiger partial charge < -0.3 is 5.11 Å². The van der Waals surface area contributed by atoms with E-state index in [1.165, 1.54) is 12.1 Å². The van der Waals surface area contributed by atoms with Crippen molar-refractivity contribution in [3.63, 3.8) is 0 Å². The van der Waals surface area contributed by atoms with E-state index in [9.17, 15) is 13.2 Å². The van der Waals surface area contributed by atoms with Crippen LogP contribution in [0.5, 0.6) is 0 Å². The molecule has 9 heteroatoms. The van der Waals surface area contributed by atoms with E-state index < -0.39 is 21.7 Å². The van der Waals surface area contributed by atoms with Crippen molar-refractivity contribution in [2.75, 3.05) is 6.54 Å². The molecule has 0 unspecified atom stereocenters. The van der Waals surface area contributed by atoms with Crippen molar-refractivity contribution < 1.29 is 18.3 Å². The zero-order chi connectivity index (χ0) is 17.1. The standard InChI is InChI=1S/C14H14BrN3O4S/c1-2-3-4-14(17-18-14)5-6-16-23(21,22)12-8-10(13(19)20)7-11(15)9-12/h1,7-9,16H,3-6H2,(H,19,20). The molecular formula is C14H14BrN3O4S. The number of hydrogen-bond acceptors (Lipinski definition) is 5. The molecule has 7 nitrogen and oxygen atoms in total. The van der Waals surface area contributed by atoms with E-state index in [0.717, 1.165) is 6.07 Å². The summed E-state index contributed by atoms with van der Waals surface area (Å²) >= 11 is 3.11. The zero-order valence-electron chi connectivity index (χ0n) is 12.0. The van der Waals surface area contributed by atoms with Gasteiger partial charge in [0.1, 0.15) is 0 Å². The van der Waals surface area contributed by atoms with Crippen LogP contribution in [-0.4, -0.2) is 31.7 Å². The molecule has 0 atom stereocenters. The third-order valence-corrected chi connectivity index (χ3v) is 5.20. The number of aromatic carboxylic acids is 1. The van der Waals surface area contributed by atoms with Crippen LogP contribution in [0.4, 0.5) is 0 Å². The second-order valence-electron chi connectivity index (χ2n) is 5.02. The summed E-state index contributed by atoms with van der Waals surface area (Å²) in [6.07, 6.45) is 6.71. The third kappa shape index (κ3) is 4.60. The summed E-state index contributed by atoms with van der Waals surface area (Å²) in [7, 11) is -3.82. The Morgan fingerprint density at radius 1 is 1.35 bits per heavy atom. The number of rotatable bonds is 8. The van der Waals surface area contributed by atoms with Gasteiger partial charge in [-0.05, 0) is 18.2 Å². The Balaban J connectivity index is 2.02. The van der Waals surface area contributed by atoms with Gasteiger partial charge in [0.2, 0.25) is 10.0 Å². The van der Waals surface area contributed by atoms with Crippen LogP contribution in [0.3, 0.4) is 0 Å². The Morgan fingerprint density at radius 2 is 2.04 bits per heavy atom. The van der Waals surface area contributed by atoms with Gasteiger partial charge in [0.05, 0.1) is 10.5 Å². The topological polar surface area (TPSA) is 108 Å². The van der Waals surface area contributed by atoms with E-state index in [1.54, 1.807) is 0 Å². The predicted octanol–water partition coefficient (Wildman–Crippen LogP) is 2.39. The maximum Gasteiger partial charge on any atom is 0.335 e. The van der Waals surface area contributed by atoms with Gasteiger partial charge in [-0.25, -0.2) is 17.9 Å². The van der Waals surface area contributed by atoms with Crippen molar-refractivity contribution in [2.24, 2.45) is 10.2 Å². The molecule has 0 radical (unpaired) electrons. The smallest absolute Gasteiger partial charge is 0.335 e. The Labute approximate surface area is 142 Å². The normalized spacial score (nSPS) is 15.1. The molecule has 1 aliphatic rings. The third-order valence-electron chi connectivity index (χ3n) is 3.30. The van der Waals surface area contributed by atoms with Gasteiger partial charge in [-0.3, -0.25) is 0 Å². The van der Waals surface area contributed by atoms with Crippen LogP contribution < -0.4 is 4.72 Å². The summed E-state index contributed by atoms with van der Waals surface area (Å²) in [4.78, 5) is 10.9. The van der Waals surface area contributed by atoms with Gasteiger partial charge >= 0.3 is 5.97 Å². The lowest BCUT2D eigenvalue weighted by molar-refractivity contribution is 0.0696. The van der Waals surface area contributed by atoms with Crippen LogP contribution in [0.2, 0.25) is 0 Å². The number of halogens is 1. The molecule has 0 aliphatic carbocycles. The van der Waals surface area contributed by atoms with Crippen LogP contribution in [-0.2, 0) is 10.0 Å². The molecule has 1 heterocycles. The van der Waals surface area contributed by atoms with E-state index in [0.29, 0.717) is 23.7 Å². The lowest BCUT2D eigenvalue weighted by atomic mass is 10.1. The molecule has 1 aliphatic heterocycles. The lowest BCUT2D eigenvalue weighted by Crippen LogP contribution is -2.28. The van der Waals surface area contributed by atoms with Crippen molar-refractivity contribution in [1.29, 1.82) is 0 Å². The van der Waals surface area contributed by atoms with Crippen LogP contribution in [0.15, 0.2) is 37.8 Å². The molecule has 0 spiro atoms. The van der Waals surface area contributed by atoms with Crippen LogP contribution in [0.1, 0.15) is 29.6 Å². The SMILES string of the molecule is C#CCCC1(CCNS(=O)(=O)c2cc(Br)cc(C(=O)O)c2)N=N1. The van der Waals surface area contributed by atoms with Crippen LogP contribution >= 0.6 is 15.9 Å². The minimum absolute atomic E-state index is 0.113. The van der Waals surface area contributed by atoms with Gasteiger partial charge in [0.15, 0.2) is 5.66 Å². The fourth-order valence-corrected chi connectivity index (χ4v) is 3.72. The molecule has 1 aromatic carbocycles. The van der Waals surface area contributed by atoms with Gasteiger partial charge in [-0.15, -0.1) is 12.3 Å². The summed E-state index contributed by atoms with van der Waals surface area (Å²) in [6, 6.07) is 3.78. The molecule has 2 rings (SSSR count). The number of hydrogen-bond donors (Lipinski definition) is 2. The summed E-state index contributed by atoms with van der Waals surface area (Å²) in [5.41, 5.74) is -0.685. The highest BCUT2D eigenvalue weighted by Crippen LogP contribution is 2.36. The first-order chi connectivity index (χ1) is 10.8. The molecule has 2 N–H and O–H groups in total. The Kier molecular flexibility index (Phi) is 5.19. The Hall–Kier alpha value is -1.76. The number of sulfonamides is 1. The minimum Gasteiger partial charge on any atom is -0.478 e. The van der Waals surface area contributed by atoms with Gasteiger partial charge in [-0.1, -0.05) is 15.9 Å². The molecule has 0 aromatic heterocycles. The zero-order valence-corrected chi connectivity index (χ0v) is 14.4. The number of terminal acetylenes is 1. The van der Waals surface area contributed by atoms with E-state index >= 15 is 0 Å². The maximum atomic E-state index is 12.3. The van der Waals surface area contributed by atoms with E-state index in [1.807, 2.05) is 0 Å². The van der Waals surface area contributed by atoms with E-state index in [-0.39, 0.29) is 17.0 Å². The summed E-state index contributed by atoms with van der Waals surface area (Å²) in [5.74, 6) is 1.30. The quantitative estimate of drug-likeness (QED) is 0.653. The van der Waals surface area contributed by atoms with Gasteiger partial charge in [0, 0.05) is 30.3 Å². The maximum absolute atomic E-state index is 12.3. The first-order valence-electron chi connectivity index (χ1n) is 6.69. The summed E-state index contributed by atoms with van der Waals surface area (Å²) < 4.78 is 27.3. The van der Waals surface area contributed by atoms with E-state index in [2.05, 4.69) is 36.8 Å². The molecule has 0 bridgehead atoms. The average Bonchev–Trinajstić information content (AvgIpc) is 3.24. The first-order valence-corrected chi connectivity index (χ1v) is 8.97. The molecule has 23 heavy (non-hydrogen) atoms. The molecule has 0 fully saturated rings. The number of carboxylic acid groups (broad SMARTS) is 1. The van der Waals surface area contributed by atoms with Crippen molar-refractivity contribution in [3.05, 3.63) is 28.2 Å². The van der Waals surface area contributed by atoms with Crippen LogP contribution in [0.25, 0.3) is 0 Å². The second kappa shape index (κ2) is 6.78. The number of carboxylic acids is 1. The monoisotopic (exact) mass is 399 g/mol.